The normalized spacial score (nSPS) is 13.6. The van der Waals surface area contributed by atoms with Gasteiger partial charge in [0.15, 0.2) is 5.03 Å². The third-order valence-electron chi connectivity index (χ3n) is 0.951. The van der Waals surface area contributed by atoms with Crippen LogP contribution in [0.4, 0.5) is 0 Å². The molecular formula is C4H6N2O2S. The third-order valence-corrected chi connectivity index (χ3v) is 1.70. The molecule has 0 aliphatic heterocycles. The van der Waals surface area contributed by atoms with Crippen molar-refractivity contribution in [2.45, 2.75) is 5.03 Å². The maximum Gasteiger partial charge on any atom is 0.205 e. The van der Waals surface area contributed by atoms with E-state index in [1.807, 2.05) is 0 Å². The molecule has 1 aromatic rings. The minimum absolute atomic E-state index is 0.315. The Kier molecular flexibility index (Phi) is 1.63. The number of imidazole rings is 1. The van der Waals surface area contributed by atoms with E-state index in [-0.39, 0.29) is 0 Å². The summed E-state index contributed by atoms with van der Waals surface area (Å²) in [4.78, 5) is 3.65. The van der Waals surface area contributed by atoms with Gasteiger partial charge in [0.1, 0.15) is 0 Å². The second-order valence-corrected chi connectivity index (χ2v) is 2.51. The summed E-state index contributed by atoms with van der Waals surface area (Å²) >= 11 is -1.91. The third kappa shape index (κ3) is 1.17. The van der Waals surface area contributed by atoms with Gasteiger partial charge in [0, 0.05) is 7.05 Å². The molecule has 1 rings (SSSR count). The Bertz CT molecular complexity index is 232. The van der Waals surface area contributed by atoms with E-state index in [1.54, 1.807) is 7.05 Å². The first-order valence-corrected chi connectivity index (χ1v) is 3.39. The zero-order valence-corrected chi connectivity index (χ0v) is 5.63. The quantitative estimate of drug-likeness (QED) is 0.567. The highest BCUT2D eigenvalue weighted by molar-refractivity contribution is 7.79. The lowest BCUT2D eigenvalue weighted by Gasteiger charge is -1.91. The van der Waals surface area contributed by atoms with Gasteiger partial charge >= 0.3 is 0 Å². The number of rotatable bonds is 1. The van der Waals surface area contributed by atoms with Crippen molar-refractivity contribution in [3.05, 3.63) is 12.5 Å². The molecule has 1 atom stereocenters. The molecule has 0 aromatic carbocycles. The van der Waals surface area contributed by atoms with Crippen LogP contribution in [0.15, 0.2) is 17.6 Å². The summed E-state index contributed by atoms with van der Waals surface area (Å²) in [5, 5.41) is 0.315. The zero-order chi connectivity index (χ0) is 6.85. The van der Waals surface area contributed by atoms with Crippen LogP contribution in [0.25, 0.3) is 0 Å². The summed E-state index contributed by atoms with van der Waals surface area (Å²) in [5.74, 6) is 0. The molecule has 0 aliphatic rings. The van der Waals surface area contributed by atoms with Gasteiger partial charge in [-0.2, -0.15) is 0 Å². The molecule has 1 unspecified atom stereocenters. The Labute approximate surface area is 54.8 Å². The van der Waals surface area contributed by atoms with Gasteiger partial charge in [-0.1, -0.05) is 0 Å². The fraction of sp³-hybridized carbons (Fsp3) is 0.250. The summed E-state index contributed by atoms with van der Waals surface area (Å²) in [7, 11) is 1.66. The van der Waals surface area contributed by atoms with Crippen LogP contribution in [-0.2, 0) is 18.1 Å². The van der Waals surface area contributed by atoms with Crippen molar-refractivity contribution in [1.82, 2.24) is 9.55 Å². The number of nitrogens with zero attached hydrogens (tertiary/aromatic N) is 2. The molecule has 1 heterocycles. The predicted molar refractivity (Wildman–Crippen MR) is 32.2 cm³/mol. The van der Waals surface area contributed by atoms with E-state index in [0.29, 0.717) is 5.03 Å². The Morgan fingerprint density at radius 3 is 2.78 bits per heavy atom. The number of aryl methyl sites for hydroxylation is 1. The average molecular weight is 146 g/mol. The molecule has 0 saturated carbocycles. The summed E-state index contributed by atoms with van der Waals surface area (Å²) in [6.07, 6.45) is 2.83. The summed E-state index contributed by atoms with van der Waals surface area (Å²) in [5.41, 5.74) is 0. The topological polar surface area (TPSA) is 55.1 Å². The Balaban J connectivity index is 3.08. The van der Waals surface area contributed by atoms with Gasteiger partial charge in [0.05, 0.1) is 12.5 Å². The van der Waals surface area contributed by atoms with E-state index in [1.165, 1.54) is 17.1 Å². The monoisotopic (exact) mass is 146 g/mol. The minimum atomic E-state index is -1.91. The van der Waals surface area contributed by atoms with Crippen LogP contribution in [0.2, 0.25) is 0 Å². The van der Waals surface area contributed by atoms with Crippen molar-refractivity contribution in [2.24, 2.45) is 7.05 Å². The van der Waals surface area contributed by atoms with Crippen LogP contribution >= 0.6 is 0 Å². The van der Waals surface area contributed by atoms with Crippen LogP contribution in [0.1, 0.15) is 0 Å². The highest BCUT2D eigenvalue weighted by Crippen LogP contribution is 1.99. The first-order chi connectivity index (χ1) is 4.22. The number of aromatic nitrogens is 2. The summed E-state index contributed by atoms with van der Waals surface area (Å²) in [6, 6.07) is 0. The molecule has 50 valence electrons. The molecule has 0 saturated heterocycles. The molecule has 4 nitrogen and oxygen atoms in total. The number of hydrogen-bond acceptors (Lipinski definition) is 2. The van der Waals surface area contributed by atoms with Crippen LogP contribution in [0.3, 0.4) is 0 Å². The average Bonchev–Trinajstić information content (AvgIpc) is 2.13. The molecule has 0 aliphatic carbocycles. The minimum Gasteiger partial charge on any atom is -0.325 e. The van der Waals surface area contributed by atoms with Gasteiger partial charge in [-0.05, 0) is 0 Å². The SMILES string of the molecule is Cn1cncc1S(=O)O. The second-order valence-electron chi connectivity index (χ2n) is 1.59. The molecule has 1 aromatic heterocycles. The van der Waals surface area contributed by atoms with Gasteiger partial charge in [0.2, 0.25) is 11.1 Å². The maximum atomic E-state index is 10.3. The maximum absolute atomic E-state index is 10.3. The lowest BCUT2D eigenvalue weighted by atomic mass is 10.9. The van der Waals surface area contributed by atoms with E-state index >= 15 is 0 Å². The van der Waals surface area contributed by atoms with Crippen molar-refractivity contribution in [1.29, 1.82) is 0 Å². The van der Waals surface area contributed by atoms with Gasteiger partial charge in [-0.25, -0.2) is 9.19 Å². The summed E-state index contributed by atoms with van der Waals surface area (Å²) in [6.45, 7) is 0. The van der Waals surface area contributed by atoms with E-state index in [9.17, 15) is 4.21 Å². The van der Waals surface area contributed by atoms with E-state index in [4.69, 9.17) is 4.55 Å². The fourth-order valence-electron chi connectivity index (χ4n) is 0.513. The molecule has 0 radical (unpaired) electrons. The highest BCUT2D eigenvalue weighted by atomic mass is 32.2. The van der Waals surface area contributed by atoms with Gasteiger partial charge < -0.3 is 9.12 Å². The fourth-order valence-corrected chi connectivity index (χ4v) is 0.958. The molecule has 0 spiro atoms. The molecule has 1 N–H and O–H groups in total. The molecule has 0 amide bonds. The number of hydrogen-bond donors (Lipinski definition) is 1. The lowest BCUT2D eigenvalue weighted by Crippen LogP contribution is -1.95. The molecule has 5 heteroatoms. The standard InChI is InChI=1S/C4H6N2O2S/c1-6-3-5-2-4(6)9(7)8/h2-3H,1H3,(H,7,8). The van der Waals surface area contributed by atoms with E-state index < -0.39 is 11.1 Å². The second kappa shape index (κ2) is 2.28. The summed E-state index contributed by atoms with van der Waals surface area (Å²) < 4.78 is 20.3. The first-order valence-electron chi connectivity index (χ1n) is 2.29. The Morgan fingerprint density at radius 2 is 2.56 bits per heavy atom. The van der Waals surface area contributed by atoms with Crippen molar-refractivity contribution in [2.75, 3.05) is 0 Å². The predicted octanol–water partition coefficient (Wildman–Crippen LogP) is 0.000700. The lowest BCUT2D eigenvalue weighted by molar-refractivity contribution is 0.554. The van der Waals surface area contributed by atoms with Crippen molar-refractivity contribution >= 4 is 11.1 Å². The van der Waals surface area contributed by atoms with E-state index in [0.717, 1.165) is 0 Å². The molecule has 0 bridgehead atoms. The van der Waals surface area contributed by atoms with Crippen molar-refractivity contribution in [3.8, 4) is 0 Å². The molecule has 0 fully saturated rings. The van der Waals surface area contributed by atoms with Gasteiger partial charge in [-0.3, -0.25) is 0 Å². The van der Waals surface area contributed by atoms with Crippen molar-refractivity contribution in [3.63, 3.8) is 0 Å². The van der Waals surface area contributed by atoms with E-state index in [2.05, 4.69) is 4.98 Å². The van der Waals surface area contributed by atoms with Crippen LogP contribution in [-0.4, -0.2) is 18.3 Å². The Hall–Kier alpha value is -0.680. The van der Waals surface area contributed by atoms with Crippen LogP contribution in [0, 0.1) is 0 Å². The molecule has 9 heavy (non-hydrogen) atoms. The van der Waals surface area contributed by atoms with Crippen molar-refractivity contribution < 1.29 is 8.76 Å². The zero-order valence-electron chi connectivity index (χ0n) is 4.81. The van der Waals surface area contributed by atoms with Gasteiger partial charge in [0.25, 0.3) is 0 Å². The Morgan fingerprint density at radius 1 is 1.89 bits per heavy atom. The molecular weight excluding hydrogens is 140 g/mol. The largest absolute Gasteiger partial charge is 0.325 e. The van der Waals surface area contributed by atoms with Crippen LogP contribution in [0.5, 0.6) is 0 Å². The van der Waals surface area contributed by atoms with Crippen LogP contribution < -0.4 is 0 Å². The highest BCUT2D eigenvalue weighted by Gasteiger charge is 2.01. The van der Waals surface area contributed by atoms with Gasteiger partial charge in [-0.15, -0.1) is 0 Å². The first kappa shape index (κ1) is 6.44. The smallest absolute Gasteiger partial charge is 0.205 e.